The van der Waals surface area contributed by atoms with Crippen molar-refractivity contribution in [1.29, 1.82) is 0 Å². The molecular formula is C9H8O7. The Bertz CT molecular complexity index is 406. The van der Waals surface area contributed by atoms with Crippen LogP contribution >= 0.6 is 0 Å². The van der Waals surface area contributed by atoms with Gasteiger partial charge in [-0.15, -0.1) is 0 Å². The maximum atomic E-state index is 10.9. The van der Waals surface area contributed by atoms with Crippen LogP contribution in [0.2, 0.25) is 0 Å². The summed E-state index contributed by atoms with van der Waals surface area (Å²) in [6.07, 6.45) is 1.01. The van der Waals surface area contributed by atoms with Crippen LogP contribution in [-0.2, 0) is 14.3 Å². The summed E-state index contributed by atoms with van der Waals surface area (Å²) in [5.41, 5.74) is -2.39. The third kappa shape index (κ3) is 2.19. The van der Waals surface area contributed by atoms with Gasteiger partial charge in [-0.1, -0.05) is 12.2 Å². The zero-order valence-electron chi connectivity index (χ0n) is 7.91. The molecule has 0 bridgehead atoms. The second-order valence-corrected chi connectivity index (χ2v) is 3.10. The Balaban J connectivity index is 3.04. The number of carboxylic acids is 2. The first-order valence-corrected chi connectivity index (χ1v) is 4.14. The van der Waals surface area contributed by atoms with E-state index >= 15 is 0 Å². The van der Waals surface area contributed by atoms with Gasteiger partial charge in [0.05, 0.1) is 0 Å². The number of aliphatic carboxylic acids is 2. The normalized spacial score (nSPS) is 23.4. The first-order chi connectivity index (χ1) is 7.37. The molecule has 1 rings (SSSR count). The van der Waals surface area contributed by atoms with Crippen LogP contribution in [0.1, 0.15) is 6.42 Å². The molecule has 1 atom stereocenters. The van der Waals surface area contributed by atoms with Crippen molar-refractivity contribution in [1.82, 2.24) is 0 Å². The topological polar surface area (TPSA) is 121 Å². The standard InChI is InChI=1S/C9H8O7/c10-6(11)5-2-1-3-9(4-5,7(12)13)16-8(14)15/h1-3H,4H2,(H,10,11)(H,12,13)(H,14,15). The van der Waals surface area contributed by atoms with Gasteiger partial charge in [0, 0.05) is 12.0 Å². The van der Waals surface area contributed by atoms with Crippen LogP contribution in [0, 0.1) is 0 Å². The summed E-state index contributed by atoms with van der Waals surface area (Å²) in [4.78, 5) is 31.9. The Labute approximate surface area is 89.3 Å². The lowest BCUT2D eigenvalue weighted by molar-refractivity contribution is -0.155. The minimum absolute atomic E-state index is 0.230. The highest BCUT2D eigenvalue weighted by molar-refractivity contribution is 5.92. The smallest absolute Gasteiger partial charge is 0.478 e. The molecule has 0 fully saturated rings. The van der Waals surface area contributed by atoms with Gasteiger partial charge in [-0.25, -0.2) is 14.4 Å². The molecule has 0 aromatic carbocycles. The van der Waals surface area contributed by atoms with E-state index in [2.05, 4.69) is 4.74 Å². The zero-order chi connectivity index (χ0) is 12.3. The van der Waals surface area contributed by atoms with Crippen LogP contribution in [0.25, 0.3) is 0 Å². The molecule has 0 amide bonds. The van der Waals surface area contributed by atoms with Gasteiger partial charge in [-0.05, 0) is 6.08 Å². The molecule has 16 heavy (non-hydrogen) atoms. The number of hydrogen-bond donors (Lipinski definition) is 3. The fourth-order valence-electron chi connectivity index (χ4n) is 1.28. The van der Waals surface area contributed by atoms with Crippen molar-refractivity contribution in [3.05, 3.63) is 23.8 Å². The number of allylic oxidation sites excluding steroid dienone is 2. The monoisotopic (exact) mass is 228 g/mol. The molecular weight excluding hydrogens is 220 g/mol. The van der Waals surface area contributed by atoms with E-state index in [1.807, 2.05) is 0 Å². The van der Waals surface area contributed by atoms with Gasteiger partial charge >= 0.3 is 18.1 Å². The molecule has 7 heteroatoms. The molecule has 0 aromatic rings. The lowest BCUT2D eigenvalue weighted by atomic mass is 9.89. The summed E-state index contributed by atoms with van der Waals surface area (Å²) in [7, 11) is 0. The molecule has 0 aliphatic heterocycles. The fraction of sp³-hybridized carbons (Fsp3) is 0.222. The van der Waals surface area contributed by atoms with Gasteiger partial charge < -0.3 is 20.1 Å². The van der Waals surface area contributed by atoms with E-state index < -0.39 is 30.1 Å². The molecule has 0 heterocycles. The predicted molar refractivity (Wildman–Crippen MR) is 49.0 cm³/mol. The average molecular weight is 228 g/mol. The molecule has 0 saturated carbocycles. The molecule has 1 aliphatic rings. The van der Waals surface area contributed by atoms with Crippen LogP contribution in [0.15, 0.2) is 23.8 Å². The van der Waals surface area contributed by atoms with E-state index in [9.17, 15) is 14.4 Å². The van der Waals surface area contributed by atoms with Crippen molar-refractivity contribution < 1.29 is 34.4 Å². The van der Waals surface area contributed by atoms with E-state index in [-0.39, 0.29) is 5.57 Å². The van der Waals surface area contributed by atoms with E-state index in [1.165, 1.54) is 6.08 Å². The number of carboxylic acid groups (broad SMARTS) is 3. The SMILES string of the molecule is O=C(O)OC1(C(=O)O)C=CC=C(C(=O)O)C1. The molecule has 0 saturated heterocycles. The van der Waals surface area contributed by atoms with E-state index in [0.29, 0.717) is 0 Å². The third-order valence-electron chi connectivity index (χ3n) is 2.02. The largest absolute Gasteiger partial charge is 0.507 e. The molecule has 86 valence electrons. The van der Waals surface area contributed by atoms with E-state index in [1.54, 1.807) is 0 Å². The number of carbonyl (C=O) groups is 3. The van der Waals surface area contributed by atoms with E-state index in [4.69, 9.17) is 15.3 Å². The third-order valence-corrected chi connectivity index (χ3v) is 2.02. The predicted octanol–water partition coefficient (Wildman–Crippen LogP) is 0.475. The highest BCUT2D eigenvalue weighted by Crippen LogP contribution is 2.27. The van der Waals surface area contributed by atoms with Crippen molar-refractivity contribution >= 4 is 18.1 Å². The maximum Gasteiger partial charge on any atom is 0.507 e. The molecule has 0 radical (unpaired) electrons. The molecule has 1 unspecified atom stereocenters. The summed E-state index contributed by atoms with van der Waals surface area (Å²) in [6, 6.07) is 0. The molecule has 0 aromatic heterocycles. The minimum atomic E-state index is -2.16. The van der Waals surface area contributed by atoms with Gasteiger partial charge in [0.2, 0.25) is 5.60 Å². The number of rotatable bonds is 3. The van der Waals surface area contributed by atoms with Gasteiger partial charge in [0.25, 0.3) is 0 Å². The van der Waals surface area contributed by atoms with Gasteiger partial charge in [0.15, 0.2) is 0 Å². The summed E-state index contributed by atoms with van der Waals surface area (Å²) >= 11 is 0. The Hall–Kier alpha value is -2.31. The van der Waals surface area contributed by atoms with Crippen molar-refractivity contribution in [3.8, 4) is 0 Å². The minimum Gasteiger partial charge on any atom is -0.478 e. The van der Waals surface area contributed by atoms with E-state index in [0.717, 1.165) is 12.2 Å². The van der Waals surface area contributed by atoms with Crippen LogP contribution < -0.4 is 0 Å². The lowest BCUT2D eigenvalue weighted by Crippen LogP contribution is -2.43. The second kappa shape index (κ2) is 4.05. The molecule has 7 nitrogen and oxygen atoms in total. The van der Waals surface area contributed by atoms with Crippen LogP contribution in [0.5, 0.6) is 0 Å². The van der Waals surface area contributed by atoms with Crippen molar-refractivity contribution in [2.45, 2.75) is 12.0 Å². The average Bonchev–Trinajstić information content (AvgIpc) is 2.16. The number of hydrogen-bond acceptors (Lipinski definition) is 4. The molecule has 3 N–H and O–H groups in total. The van der Waals surface area contributed by atoms with Crippen LogP contribution in [0.4, 0.5) is 4.79 Å². The first-order valence-electron chi connectivity index (χ1n) is 4.14. The fourth-order valence-corrected chi connectivity index (χ4v) is 1.28. The van der Waals surface area contributed by atoms with Crippen LogP contribution in [-0.4, -0.2) is 39.0 Å². The first kappa shape index (κ1) is 11.8. The Morgan fingerprint density at radius 1 is 1.25 bits per heavy atom. The van der Waals surface area contributed by atoms with Gasteiger partial charge in [-0.2, -0.15) is 0 Å². The maximum absolute atomic E-state index is 10.9. The summed E-state index contributed by atoms with van der Waals surface area (Å²) in [6.45, 7) is 0. The lowest BCUT2D eigenvalue weighted by Gasteiger charge is -2.26. The molecule has 0 spiro atoms. The summed E-state index contributed by atoms with van der Waals surface area (Å²) in [5.74, 6) is -2.87. The van der Waals surface area contributed by atoms with Crippen molar-refractivity contribution in [2.75, 3.05) is 0 Å². The highest BCUT2D eigenvalue weighted by atomic mass is 16.7. The summed E-state index contributed by atoms with van der Waals surface area (Å²) in [5, 5.41) is 26.0. The highest BCUT2D eigenvalue weighted by Gasteiger charge is 2.43. The zero-order valence-corrected chi connectivity index (χ0v) is 7.91. The molecule has 1 aliphatic carbocycles. The van der Waals surface area contributed by atoms with Crippen molar-refractivity contribution in [2.24, 2.45) is 0 Å². The Morgan fingerprint density at radius 2 is 1.88 bits per heavy atom. The van der Waals surface area contributed by atoms with Gasteiger partial charge in [-0.3, -0.25) is 0 Å². The second-order valence-electron chi connectivity index (χ2n) is 3.10. The van der Waals surface area contributed by atoms with Crippen LogP contribution in [0.3, 0.4) is 0 Å². The Morgan fingerprint density at radius 3 is 2.31 bits per heavy atom. The Kier molecular flexibility index (Phi) is 2.98. The quantitative estimate of drug-likeness (QED) is 0.600. The summed E-state index contributed by atoms with van der Waals surface area (Å²) < 4.78 is 4.25. The number of ether oxygens (including phenoxy) is 1. The van der Waals surface area contributed by atoms with Gasteiger partial charge in [0.1, 0.15) is 0 Å². The van der Waals surface area contributed by atoms with Crippen molar-refractivity contribution in [3.63, 3.8) is 0 Å².